The van der Waals surface area contributed by atoms with Gasteiger partial charge >= 0.3 is 12.1 Å². The third-order valence-electron chi connectivity index (χ3n) is 2.25. The van der Waals surface area contributed by atoms with Gasteiger partial charge in [0.25, 0.3) is 0 Å². The van der Waals surface area contributed by atoms with Gasteiger partial charge in [0.15, 0.2) is 0 Å². The summed E-state index contributed by atoms with van der Waals surface area (Å²) in [6, 6.07) is 5.86. The molecule has 6 nitrogen and oxygen atoms in total. The number of carbonyl (C=O) groups is 2. The van der Waals surface area contributed by atoms with Gasteiger partial charge in [-0.05, 0) is 24.3 Å². The van der Waals surface area contributed by atoms with Crippen molar-refractivity contribution in [3.05, 3.63) is 24.3 Å². The van der Waals surface area contributed by atoms with Crippen LogP contribution in [0.3, 0.4) is 0 Å². The molecule has 0 spiro atoms. The molecule has 0 aromatic heterocycles. The van der Waals surface area contributed by atoms with Crippen LogP contribution in [-0.4, -0.2) is 34.9 Å². The Morgan fingerprint density at radius 1 is 1.38 bits per heavy atom. The van der Waals surface area contributed by atoms with Crippen molar-refractivity contribution in [2.45, 2.75) is 6.10 Å². The van der Waals surface area contributed by atoms with Crippen molar-refractivity contribution in [1.29, 1.82) is 0 Å². The number of phenolic OH excluding ortho intramolecular Hbond substituents is 1. The van der Waals surface area contributed by atoms with Crippen molar-refractivity contribution in [3.8, 4) is 5.75 Å². The van der Waals surface area contributed by atoms with Gasteiger partial charge in [-0.25, -0.2) is 9.59 Å². The molecule has 1 saturated heterocycles. The van der Waals surface area contributed by atoms with E-state index in [1.165, 1.54) is 29.2 Å². The minimum atomic E-state index is -1.17. The summed E-state index contributed by atoms with van der Waals surface area (Å²) in [5.41, 5.74) is 0.492. The third kappa shape index (κ3) is 1.77. The van der Waals surface area contributed by atoms with Crippen LogP contribution in [0.4, 0.5) is 10.5 Å². The average Bonchev–Trinajstić information content (AvgIpc) is 2.62. The highest BCUT2D eigenvalue weighted by atomic mass is 16.6. The van der Waals surface area contributed by atoms with Crippen LogP contribution in [-0.2, 0) is 9.53 Å². The lowest BCUT2D eigenvalue weighted by Crippen LogP contribution is -2.27. The molecule has 0 bridgehead atoms. The summed E-state index contributed by atoms with van der Waals surface area (Å²) in [5.74, 6) is -1.10. The number of carboxylic acids is 1. The third-order valence-corrected chi connectivity index (χ3v) is 2.25. The summed E-state index contributed by atoms with van der Waals surface area (Å²) >= 11 is 0. The van der Waals surface area contributed by atoms with Gasteiger partial charge in [-0.2, -0.15) is 0 Å². The molecule has 1 aliphatic heterocycles. The van der Waals surface area contributed by atoms with Gasteiger partial charge in [0.05, 0.1) is 6.54 Å². The van der Waals surface area contributed by atoms with Gasteiger partial charge in [-0.15, -0.1) is 0 Å². The van der Waals surface area contributed by atoms with Crippen LogP contribution in [0, 0.1) is 0 Å². The first-order valence-electron chi connectivity index (χ1n) is 4.58. The second-order valence-electron chi connectivity index (χ2n) is 3.34. The molecule has 1 heterocycles. The Morgan fingerprint density at radius 3 is 2.50 bits per heavy atom. The molecular formula is C10H9NO5. The van der Waals surface area contributed by atoms with Crippen molar-refractivity contribution in [1.82, 2.24) is 0 Å². The zero-order valence-corrected chi connectivity index (χ0v) is 8.16. The molecule has 1 fully saturated rings. The van der Waals surface area contributed by atoms with E-state index in [0.717, 1.165) is 0 Å². The standard InChI is InChI=1S/C10H9NO5/c12-7-3-1-6(2-4-7)11-5-8(9(13)14)16-10(11)15/h1-4,8,12H,5H2,(H,13,14)/t8-/m1/s1. The number of aliphatic carboxylic acids is 1. The molecule has 84 valence electrons. The Labute approximate surface area is 90.7 Å². The number of anilines is 1. The predicted molar refractivity (Wildman–Crippen MR) is 53.4 cm³/mol. The summed E-state index contributed by atoms with van der Waals surface area (Å²) in [6.45, 7) is -0.0288. The number of rotatable bonds is 2. The number of cyclic esters (lactones) is 1. The van der Waals surface area contributed by atoms with E-state index in [0.29, 0.717) is 5.69 Å². The van der Waals surface area contributed by atoms with Gasteiger partial charge in [0, 0.05) is 5.69 Å². The fourth-order valence-corrected chi connectivity index (χ4v) is 1.43. The van der Waals surface area contributed by atoms with Crippen molar-refractivity contribution in [3.63, 3.8) is 0 Å². The molecule has 16 heavy (non-hydrogen) atoms. The van der Waals surface area contributed by atoms with Gasteiger partial charge in [-0.3, -0.25) is 4.90 Å². The van der Waals surface area contributed by atoms with E-state index >= 15 is 0 Å². The Balaban J connectivity index is 2.20. The summed E-state index contributed by atoms with van der Waals surface area (Å²) in [7, 11) is 0. The monoisotopic (exact) mass is 223 g/mol. The van der Waals surface area contributed by atoms with E-state index < -0.39 is 18.2 Å². The predicted octanol–water partition coefficient (Wildman–Crippen LogP) is 0.802. The average molecular weight is 223 g/mol. The Bertz CT molecular complexity index is 427. The molecular weight excluding hydrogens is 214 g/mol. The number of ether oxygens (including phenoxy) is 1. The fraction of sp³-hybridized carbons (Fsp3) is 0.200. The number of aromatic hydroxyl groups is 1. The van der Waals surface area contributed by atoms with E-state index in [4.69, 9.17) is 10.2 Å². The second kappa shape index (κ2) is 3.73. The quantitative estimate of drug-likeness (QED) is 0.774. The van der Waals surface area contributed by atoms with E-state index in [1.807, 2.05) is 0 Å². The molecule has 1 aliphatic rings. The molecule has 2 rings (SSSR count). The smallest absolute Gasteiger partial charge is 0.415 e. The van der Waals surface area contributed by atoms with E-state index in [1.54, 1.807) is 0 Å². The number of hydrogen-bond donors (Lipinski definition) is 2. The Hall–Kier alpha value is -2.24. The van der Waals surface area contributed by atoms with E-state index in [2.05, 4.69) is 4.74 Å². The van der Waals surface area contributed by atoms with Crippen molar-refractivity contribution < 1.29 is 24.5 Å². The molecule has 2 N–H and O–H groups in total. The molecule has 6 heteroatoms. The lowest BCUT2D eigenvalue weighted by Gasteiger charge is -2.11. The minimum absolute atomic E-state index is 0.0288. The number of nitrogens with zero attached hydrogens (tertiary/aromatic N) is 1. The molecule has 1 aromatic carbocycles. The van der Waals surface area contributed by atoms with Crippen LogP contribution in [0.15, 0.2) is 24.3 Å². The summed E-state index contributed by atoms with van der Waals surface area (Å²) < 4.78 is 4.64. The Morgan fingerprint density at radius 2 is 2.00 bits per heavy atom. The van der Waals surface area contributed by atoms with Crippen molar-refractivity contribution >= 4 is 17.7 Å². The topological polar surface area (TPSA) is 87.1 Å². The van der Waals surface area contributed by atoms with Gasteiger partial charge < -0.3 is 14.9 Å². The SMILES string of the molecule is O=C(O)[C@H]1CN(c2ccc(O)cc2)C(=O)O1. The maximum atomic E-state index is 11.4. The number of carboxylic acid groups (broad SMARTS) is 1. The van der Waals surface area contributed by atoms with Crippen molar-refractivity contribution in [2.75, 3.05) is 11.4 Å². The molecule has 0 unspecified atom stereocenters. The number of benzene rings is 1. The first kappa shape index (κ1) is 10.3. The van der Waals surface area contributed by atoms with Crippen LogP contribution in [0.1, 0.15) is 0 Å². The number of phenols is 1. The maximum Gasteiger partial charge on any atom is 0.415 e. The zero-order valence-electron chi connectivity index (χ0n) is 8.16. The fourth-order valence-electron chi connectivity index (χ4n) is 1.43. The number of hydrogen-bond acceptors (Lipinski definition) is 4. The highest BCUT2D eigenvalue weighted by Gasteiger charge is 2.36. The maximum absolute atomic E-state index is 11.4. The van der Waals surface area contributed by atoms with Gasteiger partial charge in [0.2, 0.25) is 6.10 Å². The Kier molecular flexibility index (Phi) is 2.40. The molecule has 0 aliphatic carbocycles. The summed E-state index contributed by atoms with van der Waals surface area (Å²) in [4.78, 5) is 23.2. The molecule has 1 atom stereocenters. The number of amides is 1. The first-order chi connectivity index (χ1) is 7.58. The van der Waals surface area contributed by atoms with Crippen LogP contribution >= 0.6 is 0 Å². The van der Waals surface area contributed by atoms with Crippen LogP contribution in [0.5, 0.6) is 5.75 Å². The minimum Gasteiger partial charge on any atom is -0.508 e. The van der Waals surface area contributed by atoms with Gasteiger partial charge in [0.1, 0.15) is 5.75 Å². The van der Waals surface area contributed by atoms with Crippen molar-refractivity contribution in [2.24, 2.45) is 0 Å². The second-order valence-corrected chi connectivity index (χ2v) is 3.34. The summed E-state index contributed by atoms with van der Waals surface area (Å²) in [5, 5.41) is 17.8. The highest BCUT2D eigenvalue weighted by molar-refractivity contribution is 5.93. The number of carbonyl (C=O) groups excluding carboxylic acids is 1. The largest absolute Gasteiger partial charge is 0.508 e. The lowest BCUT2D eigenvalue weighted by molar-refractivity contribution is -0.144. The van der Waals surface area contributed by atoms with Crippen LogP contribution in [0.25, 0.3) is 0 Å². The zero-order chi connectivity index (χ0) is 11.7. The molecule has 1 aromatic rings. The first-order valence-corrected chi connectivity index (χ1v) is 4.58. The molecule has 0 radical (unpaired) electrons. The van der Waals surface area contributed by atoms with Crippen LogP contribution in [0.2, 0.25) is 0 Å². The van der Waals surface area contributed by atoms with Gasteiger partial charge in [-0.1, -0.05) is 0 Å². The van der Waals surface area contributed by atoms with Crippen LogP contribution < -0.4 is 4.90 Å². The lowest BCUT2D eigenvalue weighted by atomic mass is 10.2. The normalized spacial score (nSPS) is 19.6. The van der Waals surface area contributed by atoms with E-state index in [9.17, 15) is 9.59 Å². The summed E-state index contributed by atoms with van der Waals surface area (Å²) in [6.07, 6.45) is -1.83. The highest BCUT2D eigenvalue weighted by Crippen LogP contribution is 2.23. The molecule has 1 amide bonds. The van der Waals surface area contributed by atoms with E-state index in [-0.39, 0.29) is 12.3 Å². The molecule has 0 saturated carbocycles.